The van der Waals surface area contributed by atoms with E-state index in [4.69, 9.17) is 0 Å². The molecular weight excluding hydrogens is 236 g/mol. The highest BCUT2D eigenvalue weighted by atomic mass is 15.3. The van der Waals surface area contributed by atoms with Crippen LogP contribution in [-0.2, 0) is 13.1 Å². The number of piperidine rings is 1. The van der Waals surface area contributed by atoms with Crippen LogP contribution < -0.4 is 5.32 Å². The highest BCUT2D eigenvalue weighted by molar-refractivity contribution is 5.01. The molecule has 0 saturated carbocycles. The molecule has 4 heteroatoms. The lowest BCUT2D eigenvalue weighted by Crippen LogP contribution is -2.40. The predicted molar refractivity (Wildman–Crippen MR) is 79.1 cm³/mol. The fraction of sp³-hybridized carbons (Fsp3) is 0.800. The Labute approximate surface area is 117 Å². The van der Waals surface area contributed by atoms with Crippen LogP contribution in [0.15, 0.2) is 12.3 Å². The lowest BCUT2D eigenvalue weighted by Gasteiger charge is -2.35. The van der Waals surface area contributed by atoms with Crippen molar-refractivity contribution in [3.05, 3.63) is 18.0 Å². The average Bonchev–Trinajstić information content (AvgIpc) is 2.86. The third-order valence-corrected chi connectivity index (χ3v) is 4.08. The summed E-state index contributed by atoms with van der Waals surface area (Å²) in [4.78, 5) is 2.66. The number of hydrogen-bond acceptors (Lipinski definition) is 3. The summed E-state index contributed by atoms with van der Waals surface area (Å²) in [6, 6.07) is 2.92. The van der Waals surface area contributed by atoms with Crippen LogP contribution >= 0.6 is 0 Å². The first kappa shape index (κ1) is 14.5. The molecule has 0 radical (unpaired) electrons. The number of likely N-dealkylation sites (tertiary alicyclic amines) is 1. The SMILES string of the molecule is CCCn1nccc1CN1CCCCC1CCNC. The number of hydrogen-bond donors (Lipinski definition) is 1. The Kier molecular flexibility index (Phi) is 5.86. The third-order valence-electron chi connectivity index (χ3n) is 4.08. The Morgan fingerprint density at radius 1 is 1.42 bits per heavy atom. The summed E-state index contributed by atoms with van der Waals surface area (Å²) in [5.74, 6) is 0. The van der Waals surface area contributed by atoms with Gasteiger partial charge in [0.25, 0.3) is 0 Å². The second kappa shape index (κ2) is 7.65. The van der Waals surface area contributed by atoms with E-state index >= 15 is 0 Å². The van der Waals surface area contributed by atoms with Gasteiger partial charge in [0.1, 0.15) is 0 Å². The first-order valence-corrected chi connectivity index (χ1v) is 7.74. The van der Waals surface area contributed by atoms with Crippen molar-refractivity contribution in [2.75, 3.05) is 20.1 Å². The van der Waals surface area contributed by atoms with Crippen molar-refractivity contribution in [1.29, 1.82) is 0 Å². The lowest BCUT2D eigenvalue weighted by atomic mass is 9.99. The molecule has 1 fully saturated rings. The van der Waals surface area contributed by atoms with Gasteiger partial charge in [0.05, 0.1) is 5.69 Å². The molecule has 0 spiro atoms. The van der Waals surface area contributed by atoms with Crippen molar-refractivity contribution in [2.24, 2.45) is 0 Å². The minimum absolute atomic E-state index is 0.742. The molecule has 0 aromatic carbocycles. The van der Waals surface area contributed by atoms with Gasteiger partial charge < -0.3 is 5.32 Å². The molecular formula is C15H28N4. The van der Waals surface area contributed by atoms with Crippen molar-refractivity contribution in [1.82, 2.24) is 20.0 Å². The van der Waals surface area contributed by atoms with Gasteiger partial charge in [-0.1, -0.05) is 13.3 Å². The van der Waals surface area contributed by atoms with Gasteiger partial charge in [0, 0.05) is 25.3 Å². The summed E-state index contributed by atoms with van der Waals surface area (Å²) in [5.41, 5.74) is 1.37. The van der Waals surface area contributed by atoms with Gasteiger partial charge in [0.2, 0.25) is 0 Å². The van der Waals surface area contributed by atoms with Crippen LogP contribution in [0.2, 0.25) is 0 Å². The van der Waals surface area contributed by atoms with E-state index in [1.807, 2.05) is 13.2 Å². The van der Waals surface area contributed by atoms with Gasteiger partial charge in [-0.15, -0.1) is 0 Å². The Balaban J connectivity index is 1.96. The maximum atomic E-state index is 4.44. The Morgan fingerprint density at radius 2 is 2.32 bits per heavy atom. The van der Waals surface area contributed by atoms with Crippen molar-refractivity contribution >= 4 is 0 Å². The van der Waals surface area contributed by atoms with Gasteiger partial charge >= 0.3 is 0 Å². The molecule has 1 aliphatic heterocycles. The normalized spacial score (nSPS) is 20.8. The van der Waals surface area contributed by atoms with Crippen LogP contribution in [-0.4, -0.2) is 40.9 Å². The van der Waals surface area contributed by atoms with E-state index < -0.39 is 0 Å². The summed E-state index contributed by atoms with van der Waals surface area (Å²) < 4.78 is 2.17. The number of aromatic nitrogens is 2. The standard InChI is InChI=1S/C15H28N4/c1-3-11-19-15(8-10-17-19)13-18-12-5-4-6-14(18)7-9-16-2/h8,10,14,16H,3-7,9,11-13H2,1-2H3. The Hall–Kier alpha value is -0.870. The number of rotatable bonds is 7. The zero-order valence-corrected chi connectivity index (χ0v) is 12.4. The van der Waals surface area contributed by atoms with Crippen molar-refractivity contribution in [3.63, 3.8) is 0 Å². The van der Waals surface area contributed by atoms with E-state index in [2.05, 4.69) is 33.0 Å². The second-order valence-electron chi connectivity index (χ2n) is 5.56. The average molecular weight is 264 g/mol. The summed E-state index contributed by atoms with van der Waals surface area (Å²) in [5, 5.41) is 7.72. The quantitative estimate of drug-likeness (QED) is 0.820. The van der Waals surface area contributed by atoms with E-state index in [-0.39, 0.29) is 0 Å². The summed E-state index contributed by atoms with van der Waals surface area (Å²) >= 11 is 0. The smallest absolute Gasteiger partial charge is 0.0524 e. The maximum absolute atomic E-state index is 4.44. The van der Waals surface area contributed by atoms with Gasteiger partial charge in [-0.05, 0) is 51.9 Å². The monoisotopic (exact) mass is 264 g/mol. The molecule has 19 heavy (non-hydrogen) atoms. The highest BCUT2D eigenvalue weighted by Gasteiger charge is 2.22. The first-order chi connectivity index (χ1) is 9.35. The van der Waals surface area contributed by atoms with Crippen molar-refractivity contribution in [3.8, 4) is 0 Å². The zero-order valence-electron chi connectivity index (χ0n) is 12.4. The summed E-state index contributed by atoms with van der Waals surface area (Å²) in [7, 11) is 2.05. The molecule has 1 aromatic heterocycles. The number of aryl methyl sites for hydroxylation is 1. The number of nitrogens with zero attached hydrogens (tertiary/aromatic N) is 3. The highest BCUT2D eigenvalue weighted by Crippen LogP contribution is 2.21. The Morgan fingerprint density at radius 3 is 3.11 bits per heavy atom. The first-order valence-electron chi connectivity index (χ1n) is 7.74. The summed E-state index contributed by atoms with van der Waals surface area (Å²) in [6.45, 7) is 6.68. The molecule has 2 rings (SSSR count). The van der Waals surface area contributed by atoms with Gasteiger partial charge in [-0.2, -0.15) is 5.10 Å². The molecule has 1 saturated heterocycles. The van der Waals surface area contributed by atoms with Crippen LogP contribution in [0, 0.1) is 0 Å². The van der Waals surface area contributed by atoms with Gasteiger partial charge in [-0.25, -0.2) is 0 Å². The fourth-order valence-electron chi connectivity index (χ4n) is 3.02. The molecule has 1 unspecified atom stereocenters. The van der Waals surface area contributed by atoms with Crippen LogP contribution in [0.4, 0.5) is 0 Å². The Bertz CT molecular complexity index is 361. The second-order valence-corrected chi connectivity index (χ2v) is 5.56. The summed E-state index contributed by atoms with van der Waals surface area (Å²) in [6.07, 6.45) is 8.44. The van der Waals surface area contributed by atoms with Crippen molar-refractivity contribution in [2.45, 2.75) is 58.2 Å². The van der Waals surface area contributed by atoms with Crippen LogP contribution in [0.5, 0.6) is 0 Å². The minimum Gasteiger partial charge on any atom is -0.320 e. The molecule has 0 aliphatic carbocycles. The van der Waals surface area contributed by atoms with Crippen LogP contribution in [0.3, 0.4) is 0 Å². The lowest BCUT2D eigenvalue weighted by molar-refractivity contribution is 0.128. The molecule has 1 N–H and O–H groups in total. The van der Waals surface area contributed by atoms with Gasteiger partial charge in [0.15, 0.2) is 0 Å². The fourth-order valence-corrected chi connectivity index (χ4v) is 3.02. The van der Waals surface area contributed by atoms with Gasteiger partial charge in [-0.3, -0.25) is 9.58 Å². The minimum atomic E-state index is 0.742. The molecule has 0 amide bonds. The zero-order chi connectivity index (χ0) is 13.5. The van der Waals surface area contributed by atoms with Crippen molar-refractivity contribution < 1.29 is 0 Å². The van der Waals surface area contributed by atoms with E-state index in [1.54, 1.807) is 0 Å². The van der Waals surface area contributed by atoms with E-state index in [0.717, 1.165) is 32.1 Å². The van der Waals surface area contributed by atoms with Crippen LogP contribution in [0.1, 0.15) is 44.7 Å². The topological polar surface area (TPSA) is 33.1 Å². The molecule has 4 nitrogen and oxygen atoms in total. The predicted octanol–water partition coefficient (Wildman–Crippen LogP) is 2.26. The van der Waals surface area contributed by atoms with E-state index in [0.29, 0.717) is 0 Å². The number of nitrogens with one attached hydrogen (secondary N) is 1. The maximum Gasteiger partial charge on any atom is 0.0524 e. The van der Waals surface area contributed by atoms with E-state index in [1.165, 1.54) is 37.9 Å². The van der Waals surface area contributed by atoms with E-state index in [9.17, 15) is 0 Å². The molecule has 1 aliphatic rings. The molecule has 1 atom stereocenters. The molecule has 0 bridgehead atoms. The third kappa shape index (κ3) is 4.05. The largest absolute Gasteiger partial charge is 0.320 e. The molecule has 108 valence electrons. The molecule has 1 aromatic rings. The van der Waals surface area contributed by atoms with Crippen LogP contribution in [0.25, 0.3) is 0 Å². The molecule has 2 heterocycles.